The van der Waals surface area contributed by atoms with E-state index in [2.05, 4.69) is 0 Å². The Balaban J connectivity index is 3.23. The lowest BCUT2D eigenvalue weighted by atomic mass is 10.0. The van der Waals surface area contributed by atoms with E-state index in [9.17, 15) is 8.78 Å². The van der Waals surface area contributed by atoms with Crippen LogP contribution >= 0.6 is 0 Å². The van der Waals surface area contributed by atoms with Crippen molar-refractivity contribution in [1.82, 2.24) is 0 Å². The third-order valence-corrected chi connectivity index (χ3v) is 2.19. The van der Waals surface area contributed by atoms with Crippen LogP contribution < -0.4 is 4.74 Å². The third kappa shape index (κ3) is 2.03. The highest BCUT2D eigenvalue weighted by Gasteiger charge is 2.32. The van der Waals surface area contributed by atoms with Gasteiger partial charge in [0.25, 0.3) is 5.92 Å². The van der Waals surface area contributed by atoms with Crippen LogP contribution in [-0.4, -0.2) is 7.11 Å². The summed E-state index contributed by atoms with van der Waals surface area (Å²) in [5, 5.41) is 0. The molecule has 0 atom stereocenters. The van der Waals surface area contributed by atoms with E-state index in [1.807, 2.05) is 0 Å². The van der Waals surface area contributed by atoms with Gasteiger partial charge in [0.2, 0.25) is 0 Å². The lowest BCUT2D eigenvalue weighted by Gasteiger charge is -2.18. The van der Waals surface area contributed by atoms with Crippen LogP contribution in [0.1, 0.15) is 24.5 Å². The maximum absolute atomic E-state index is 13.4. The number of hydrogen-bond acceptors (Lipinski definition) is 1. The van der Waals surface area contributed by atoms with Gasteiger partial charge < -0.3 is 4.74 Å². The first-order valence-corrected chi connectivity index (χ1v) is 4.54. The summed E-state index contributed by atoms with van der Waals surface area (Å²) in [6.07, 6.45) is -0.215. The highest BCUT2D eigenvalue weighted by Crippen LogP contribution is 2.37. The molecule has 0 saturated carbocycles. The molecule has 1 aromatic rings. The molecule has 14 heavy (non-hydrogen) atoms. The fraction of sp³-hybridized carbons (Fsp3) is 0.455. The van der Waals surface area contributed by atoms with E-state index in [0.29, 0.717) is 0 Å². The molecule has 1 aromatic carbocycles. The lowest BCUT2D eigenvalue weighted by molar-refractivity contribution is -0.0104. The summed E-state index contributed by atoms with van der Waals surface area (Å²) >= 11 is 0. The minimum Gasteiger partial charge on any atom is -0.496 e. The van der Waals surface area contributed by atoms with Gasteiger partial charge in [-0.2, -0.15) is 0 Å². The molecule has 0 amide bonds. The zero-order valence-corrected chi connectivity index (χ0v) is 8.60. The van der Waals surface area contributed by atoms with Gasteiger partial charge in [-0.05, 0) is 19.1 Å². The number of hydrogen-bond donors (Lipinski definition) is 0. The van der Waals surface area contributed by atoms with Crippen molar-refractivity contribution in [3.63, 3.8) is 0 Å². The molecular formula is C11H14F2O. The van der Waals surface area contributed by atoms with Gasteiger partial charge in [0.15, 0.2) is 0 Å². The van der Waals surface area contributed by atoms with Crippen LogP contribution in [0.2, 0.25) is 0 Å². The van der Waals surface area contributed by atoms with E-state index in [4.69, 9.17) is 4.74 Å². The highest BCUT2D eigenvalue weighted by molar-refractivity contribution is 5.39. The number of alkyl halides is 2. The van der Waals surface area contributed by atoms with Crippen LogP contribution in [0.4, 0.5) is 8.78 Å². The summed E-state index contributed by atoms with van der Waals surface area (Å²) in [5.74, 6) is -2.56. The first-order chi connectivity index (χ1) is 6.51. The van der Waals surface area contributed by atoms with Gasteiger partial charge in [-0.25, -0.2) is 8.78 Å². The van der Waals surface area contributed by atoms with Gasteiger partial charge in [0.05, 0.1) is 12.7 Å². The minimum absolute atomic E-state index is 0.0255. The van der Waals surface area contributed by atoms with Crippen molar-refractivity contribution in [1.29, 1.82) is 0 Å². The molecule has 0 radical (unpaired) electrons. The predicted molar refractivity (Wildman–Crippen MR) is 51.9 cm³/mol. The molecule has 1 nitrogen and oxygen atoms in total. The molecule has 0 unspecified atom stereocenters. The SMILES string of the molecule is CCC(F)(F)c1cc(C)ccc1OC. The van der Waals surface area contributed by atoms with Gasteiger partial charge in [0.1, 0.15) is 5.75 Å². The van der Waals surface area contributed by atoms with Crippen molar-refractivity contribution in [3.05, 3.63) is 29.3 Å². The molecule has 0 aromatic heterocycles. The molecule has 0 aliphatic rings. The standard InChI is InChI=1S/C11H14F2O/c1-4-11(12,13)9-7-8(2)5-6-10(9)14-3/h5-7H,4H2,1-3H3. The Morgan fingerprint density at radius 2 is 2.00 bits per heavy atom. The number of rotatable bonds is 3. The molecule has 0 spiro atoms. The van der Waals surface area contributed by atoms with Crippen LogP contribution in [0.25, 0.3) is 0 Å². The summed E-state index contributed by atoms with van der Waals surface area (Å²) in [7, 11) is 1.40. The largest absolute Gasteiger partial charge is 0.496 e. The molecule has 78 valence electrons. The van der Waals surface area contributed by atoms with E-state index in [1.54, 1.807) is 19.1 Å². The Kier molecular flexibility index (Phi) is 3.09. The molecule has 0 aliphatic heterocycles. The van der Waals surface area contributed by atoms with Crippen LogP contribution in [0.15, 0.2) is 18.2 Å². The predicted octanol–water partition coefficient (Wildman–Crippen LogP) is 3.51. The second-order valence-corrected chi connectivity index (χ2v) is 3.26. The summed E-state index contributed by atoms with van der Waals surface area (Å²) in [6.45, 7) is 3.25. The van der Waals surface area contributed by atoms with E-state index in [-0.39, 0.29) is 17.7 Å². The molecule has 0 bridgehead atoms. The van der Waals surface area contributed by atoms with E-state index < -0.39 is 5.92 Å². The quantitative estimate of drug-likeness (QED) is 0.725. The zero-order chi connectivity index (χ0) is 10.8. The Labute approximate surface area is 82.7 Å². The zero-order valence-electron chi connectivity index (χ0n) is 8.60. The van der Waals surface area contributed by atoms with Gasteiger partial charge >= 0.3 is 0 Å². The van der Waals surface area contributed by atoms with Crippen molar-refractivity contribution in [2.24, 2.45) is 0 Å². The van der Waals surface area contributed by atoms with Crippen LogP contribution in [-0.2, 0) is 5.92 Å². The second kappa shape index (κ2) is 3.95. The number of aryl methyl sites for hydroxylation is 1. The molecule has 3 heteroatoms. The summed E-state index contributed by atoms with van der Waals surface area (Å²) < 4.78 is 31.8. The van der Waals surface area contributed by atoms with Crippen LogP contribution in [0.3, 0.4) is 0 Å². The van der Waals surface area contributed by atoms with Crippen LogP contribution in [0.5, 0.6) is 5.75 Å². The Hall–Kier alpha value is -1.12. The normalized spacial score (nSPS) is 11.5. The molecule has 0 fully saturated rings. The monoisotopic (exact) mass is 200 g/mol. The van der Waals surface area contributed by atoms with Crippen molar-refractivity contribution in [3.8, 4) is 5.75 Å². The number of benzene rings is 1. The lowest BCUT2D eigenvalue weighted by Crippen LogP contribution is -2.13. The number of methoxy groups -OCH3 is 1. The average Bonchev–Trinajstić information content (AvgIpc) is 2.18. The fourth-order valence-corrected chi connectivity index (χ4v) is 1.30. The molecular weight excluding hydrogens is 186 g/mol. The Morgan fingerprint density at radius 1 is 1.36 bits per heavy atom. The molecule has 0 heterocycles. The van der Waals surface area contributed by atoms with Crippen molar-refractivity contribution < 1.29 is 13.5 Å². The van der Waals surface area contributed by atoms with Gasteiger partial charge in [-0.15, -0.1) is 0 Å². The Morgan fingerprint density at radius 3 is 2.50 bits per heavy atom. The van der Waals surface area contributed by atoms with E-state index in [0.717, 1.165) is 5.56 Å². The summed E-state index contributed by atoms with van der Waals surface area (Å²) in [6, 6.07) is 4.81. The van der Waals surface area contributed by atoms with Crippen molar-refractivity contribution in [2.45, 2.75) is 26.2 Å². The van der Waals surface area contributed by atoms with E-state index >= 15 is 0 Å². The fourth-order valence-electron chi connectivity index (χ4n) is 1.30. The maximum atomic E-state index is 13.4. The van der Waals surface area contributed by atoms with Gasteiger partial charge in [-0.1, -0.05) is 18.6 Å². The summed E-state index contributed by atoms with van der Waals surface area (Å²) in [5.41, 5.74) is 0.788. The van der Waals surface area contributed by atoms with Crippen molar-refractivity contribution in [2.75, 3.05) is 7.11 Å². The minimum atomic E-state index is -2.81. The summed E-state index contributed by atoms with van der Waals surface area (Å²) in [4.78, 5) is 0. The van der Waals surface area contributed by atoms with Crippen molar-refractivity contribution >= 4 is 0 Å². The first kappa shape index (κ1) is 11.0. The van der Waals surface area contributed by atoms with Gasteiger partial charge in [-0.3, -0.25) is 0 Å². The Bertz CT molecular complexity index is 321. The second-order valence-electron chi connectivity index (χ2n) is 3.26. The molecule has 1 rings (SSSR count). The van der Waals surface area contributed by atoms with E-state index in [1.165, 1.54) is 20.1 Å². The van der Waals surface area contributed by atoms with Crippen LogP contribution in [0, 0.1) is 6.92 Å². The topological polar surface area (TPSA) is 9.23 Å². The third-order valence-electron chi connectivity index (χ3n) is 2.19. The van der Waals surface area contributed by atoms with Gasteiger partial charge in [0, 0.05) is 6.42 Å². The molecule has 0 aliphatic carbocycles. The number of halogens is 2. The number of ether oxygens (including phenoxy) is 1. The average molecular weight is 200 g/mol. The molecule has 0 N–H and O–H groups in total. The first-order valence-electron chi connectivity index (χ1n) is 4.54. The highest BCUT2D eigenvalue weighted by atomic mass is 19.3. The maximum Gasteiger partial charge on any atom is 0.276 e. The smallest absolute Gasteiger partial charge is 0.276 e. The molecule has 0 saturated heterocycles.